The molecule has 1 aliphatic heterocycles. The van der Waals surface area contributed by atoms with Crippen LogP contribution in [-0.2, 0) is 6.42 Å². The molecule has 2 heterocycles. The van der Waals surface area contributed by atoms with Crippen LogP contribution in [0.4, 0.5) is 5.13 Å². The highest BCUT2D eigenvalue weighted by molar-refractivity contribution is 7.22. The van der Waals surface area contributed by atoms with Crippen LogP contribution >= 0.6 is 11.3 Å². The minimum atomic E-state index is 0.580. The van der Waals surface area contributed by atoms with E-state index in [9.17, 15) is 0 Å². The van der Waals surface area contributed by atoms with E-state index in [1.165, 1.54) is 28.6 Å². The van der Waals surface area contributed by atoms with Crippen molar-refractivity contribution in [2.24, 2.45) is 0 Å². The molecule has 1 aromatic heterocycles. The Balaban J connectivity index is 1.84. The third kappa shape index (κ3) is 2.35. The van der Waals surface area contributed by atoms with Gasteiger partial charge in [-0.15, -0.1) is 0 Å². The summed E-state index contributed by atoms with van der Waals surface area (Å²) < 4.78 is 1.30. The number of rotatable bonds is 3. The second-order valence-corrected chi connectivity index (χ2v) is 5.84. The predicted molar refractivity (Wildman–Crippen MR) is 78.5 cm³/mol. The maximum Gasteiger partial charge on any atom is 0.184 e. The van der Waals surface area contributed by atoms with E-state index in [-0.39, 0.29) is 0 Å². The number of nitrogens with zero attached hydrogens (tertiary/aromatic N) is 1. The zero-order valence-electron chi connectivity index (χ0n) is 10.7. The van der Waals surface area contributed by atoms with Crippen LogP contribution in [0.2, 0.25) is 0 Å². The summed E-state index contributed by atoms with van der Waals surface area (Å²) in [6.45, 7) is 4.42. The van der Waals surface area contributed by atoms with Gasteiger partial charge in [-0.3, -0.25) is 0 Å². The fourth-order valence-electron chi connectivity index (χ4n) is 2.49. The standard InChI is InChI=1S/C14H19N3S/c1-2-10-4-3-5-12-13(10)17-14(18-12)16-11-6-8-15-9-7-11/h3-5,11,15H,2,6-9H2,1H3,(H,16,17). The van der Waals surface area contributed by atoms with Crippen LogP contribution in [0.15, 0.2) is 18.2 Å². The van der Waals surface area contributed by atoms with Gasteiger partial charge in [-0.05, 0) is 44.0 Å². The lowest BCUT2D eigenvalue weighted by molar-refractivity contribution is 0.479. The van der Waals surface area contributed by atoms with Gasteiger partial charge in [0, 0.05) is 6.04 Å². The Labute approximate surface area is 112 Å². The largest absolute Gasteiger partial charge is 0.359 e. The van der Waals surface area contributed by atoms with Crippen molar-refractivity contribution in [3.63, 3.8) is 0 Å². The number of anilines is 1. The molecule has 1 saturated heterocycles. The van der Waals surface area contributed by atoms with E-state index in [4.69, 9.17) is 4.98 Å². The molecule has 0 unspecified atom stereocenters. The van der Waals surface area contributed by atoms with Crippen LogP contribution in [0.25, 0.3) is 10.2 Å². The fraction of sp³-hybridized carbons (Fsp3) is 0.500. The average Bonchev–Trinajstić information content (AvgIpc) is 2.82. The lowest BCUT2D eigenvalue weighted by Crippen LogP contribution is -2.35. The molecule has 0 saturated carbocycles. The normalized spacial score (nSPS) is 17.2. The van der Waals surface area contributed by atoms with Gasteiger partial charge in [-0.2, -0.15) is 0 Å². The zero-order chi connectivity index (χ0) is 12.4. The summed E-state index contributed by atoms with van der Waals surface area (Å²) in [5, 5.41) is 8.06. The van der Waals surface area contributed by atoms with Crippen LogP contribution < -0.4 is 10.6 Å². The Kier molecular flexibility index (Phi) is 3.48. The van der Waals surface area contributed by atoms with E-state index in [1.807, 2.05) is 0 Å². The molecule has 2 aromatic rings. The molecule has 0 aliphatic carbocycles. The zero-order valence-corrected chi connectivity index (χ0v) is 11.5. The monoisotopic (exact) mass is 261 g/mol. The van der Waals surface area contributed by atoms with Crippen molar-refractivity contribution in [1.82, 2.24) is 10.3 Å². The molecule has 2 N–H and O–H groups in total. The van der Waals surface area contributed by atoms with Crippen LogP contribution in [-0.4, -0.2) is 24.1 Å². The molecule has 0 atom stereocenters. The Morgan fingerprint density at radius 2 is 2.22 bits per heavy atom. The summed E-state index contributed by atoms with van der Waals surface area (Å²) in [4.78, 5) is 4.76. The number of thiazole rings is 1. The van der Waals surface area contributed by atoms with Crippen molar-refractivity contribution in [3.05, 3.63) is 23.8 Å². The highest BCUT2D eigenvalue weighted by Crippen LogP contribution is 2.29. The molecule has 0 radical (unpaired) electrons. The van der Waals surface area contributed by atoms with Gasteiger partial charge in [0.1, 0.15) is 0 Å². The summed E-state index contributed by atoms with van der Waals surface area (Å²) in [5.74, 6) is 0. The van der Waals surface area contributed by atoms with Crippen molar-refractivity contribution < 1.29 is 0 Å². The number of aryl methyl sites for hydroxylation is 1. The Morgan fingerprint density at radius 1 is 1.39 bits per heavy atom. The molecule has 96 valence electrons. The number of benzene rings is 1. The fourth-order valence-corrected chi connectivity index (χ4v) is 3.48. The van der Waals surface area contributed by atoms with Gasteiger partial charge in [0.2, 0.25) is 0 Å². The molecular formula is C14H19N3S. The molecule has 18 heavy (non-hydrogen) atoms. The molecule has 1 aromatic carbocycles. The molecule has 1 aliphatic rings. The third-order valence-electron chi connectivity index (χ3n) is 3.55. The summed E-state index contributed by atoms with van der Waals surface area (Å²) in [6, 6.07) is 7.06. The van der Waals surface area contributed by atoms with E-state index in [2.05, 4.69) is 35.8 Å². The van der Waals surface area contributed by atoms with Gasteiger partial charge in [0.15, 0.2) is 5.13 Å². The van der Waals surface area contributed by atoms with E-state index in [0.29, 0.717) is 6.04 Å². The van der Waals surface area contributed by atoms with E-state index in [1.54, 1.807) is 11.3 Å². The lowest BCUT2D eigenvalue weighted by Gasteiger charge is -2.23. The van der Waals surface area contributed by atoms with Crippen molar-refractivity contribution >= 4 is 26.7 Å². The Bertz CT molecular complexity index is 529. The molecule has 1 fully saturated rings. The van der Waals surface area contributed by atoms with Crippen molar-refractivity contribution in [2.75, 3.05) is 18.4 Å². The molecular weight excluding hydrogens is 242 g/mol. The Hall–Kier alpha value is -1.13. The average molecular weight is 261 g/mol. The molecule has 3 nitrogen and oxygen atoms in total. The predicted octanol–water partition coefficient (Wildman–Crippen LogP) is 3.02. The number of aromatic nitrogens is 1. The first-order valence-electron chi connectivity index (χ1n) is 6.72. The molecule has 4 heteroatoms. The SMILES string of the molecule is CCc1cccc2sc(NC3CCNCC3)nc12. The summed E-state index contributed by atoms with van der Waals surface area (Å²) in [7, 11) is 0. The first kappa shape index (κ1) is 11.9. The number of fused-ring (bicyclic) bond motifs is 1. The second kappa shape index (κ2) is 5.24. The molecule has 0 bridgehead atoms. The third-order valence-corrected chi connectivity index (χ3v) is 4.50. The quantitative estimate of drug-likeness (QED) is 0.891. The summed E-state index contributed by atoms with van der Waals surface area (Å²) >= 11 is 1.78. The first-order chi connectivity index (χ1) is 8.86. The van der Waals surface area contributed by atoms with Crippen LogP contribution in [0.5, 0.6) is 0 Å². The van der Waals surface area contributed by atoms with Gasteiger partial charge >= 0.3 is 0 Å². The van der Waals surface area contributed by atoms with Gasteiger partial charge < -0.3 is 10.6 Å². The first-order valence-corrected chi connectivity index (χ1v) is 7.54. The maximum absolute atomic E-state index is 4.76. The smallest absolute Gasteiger partial charge is 0.184 e. The van der Waals surface area contributed by atoms with Crippen molar-refractivity contribution in [1.29, 1.82) is 0 Å². The van der Waals surface area contributed by atoms with E-state index < -0.39 is 0 Å². The van der Waals surface area contributed by atoms with Crippen LogP contribution in [0.1, 0.15) is 25.3 Å². The van der Waals surface area contributed by atoms with Gasteiger partial charge in [-0.1, -0.05) is 30.4 Å². The topological polar surface area (TPSA) is 37.0 Å². The number of hydrogen-bond donors (Lipinski definition) is 2. The summed E-state index contributed by atoms with van der Waals surface area (Å²) in [6.07, 6.45) is 3.43. The molecule has 3 rings (SSSR count). The second-order valence-electron chi connectivity index (χ2n) is 4.81. The number of hydrogen-bond acceptors (Lipinski definition) is 4. The highest BCUT2D eigenvalue weighted by atomic mass is 32.1. The van der Waals surface area contributed by atoms with Crippen molar-refractivity contribution in [2.45, 2.75) is 32.2 Å². The molecule has 0 spiro atoms. The minimum absolute atomic E-state index is 0.580. The van der Waals surface area contributed by atoms with E-state index in [0.717, 1.165) is 24.6 Å². The summed E-state index contributed by atoms with van der Waals surface area (Å²) in [5.41, 5.74) is 2.53. The van der Waals surface area contributed by atoms with Crippen molar-refractivity contribution in [3.8, 4) is 0 Å². The molecule has 0 amide bonds. The van der Waals surface area contributed by atoms with Gasteiger partial charge in [0.05, 0.1) is 10.2 Å². The van der Waals surface area contributed by atoms with Crippen LogP contribution in [0, 0.1) is 0 Å². The minimum Gasteiger partial charge on any atom is -0.359 e. The van der Waals surface area contributed by atoms with Gasteiger partial charge in [-0.25, -0.2) is 4.98 Å². The highest BCUT2D eigenvalue weighted by Gasteiger charge is 2.15. The maximum atomic E-state index is 4.76. The number of nitrogens with one attached hydrogen (secondary N) is 2. The number of para-hydroxylation sites is 1. The lowest BCUT2D eigenvalue weighted by atomic mass is 10.1. The van der Waals surface area contributed by atoms with Gasteiger partial charge in [0.25, 0.3) is 0 Å². The number of piperidine rings is 1. The Morgan fingerprint density at radius 3 is 3.00 bits per heavy atom. The van der Waals surface area contributed by atoms with E-state index >= 15 is 0 Å². The van der Waals surface area contributed by atoms with Crippen LogP contribution in [0.3, 0.4) is 0 Å².